The van der Waals surface area contributed by atoms with E-state index in [4.69, 9.17) is 9.47 Å². The second-order valence-corrected chi connectivity index (χ2v) is 8.06. The molecule has 0 spiro atoms. The minimum Gasteiger partial charge on any atom is -0.496 e. The summed E-state index contributed by atoms with van der Waals surface area (Å²) in [5.74, 6) is -11.6. The Bertz CT molecular complexity index is 1360. The number of halogens is 6. The van der Waals surface area contributed by atoms with E-state index >= 15 is 0 Å². The fraction of sp³-hybridized carbons (Fsp3) is 0.292. The molecule has 37 heavy (non-hydrogen) atoms. The van der Waals surface area contributed by atoms with Gasteiger partial charge in [0.1, 0.15) is 11.9 Å². The standard InChI is InChI=1S/C24H18F6N2O5/c1-35-15-9-13(25)19(26)20(27)18(15)21(33)12-6-7-31-10-17(12)36-22-16(37-23(34)24(28,29)30)8-11-4-2-3-5-14(11)32-22/h2-5,8-9,12,17,31H,6-7,10H2,1H3. The van der Waals surface area contributed by atoms with Crippen molar-refractivity contribution in [2.45, 2.75) is 18.7 Å². The lowest BCUT2D eigenvalue weighted by Gasteiger charge is -2.32. The van der Waals surface area contributed by atoms with Gasteiger partial charge < -0.3 is 19.5 Å². The van der Waals surface area contributed by atoms with Crippen molar-refractivity contribution in [1.29, 1.82) is 0 Å². The SMILES string of the molecule is COc1cc(F)c(F)c(F)c1C(=O)C1CCNCC1Oc1nc2ccccc2cc1OC(=O)C(F)(F)F. The number of hydrogen-bond acceptors (Lipinski definition) is 7. The molecule has 0 bridgehead atoms. The maximum atomic E-state index is 14.6. The molecular formula is C24H18F6N2O5. The molecule has 2 atom stereocenters. The van der Waals surface area contributed by atoms with Crippen LogP contribution in [0.5, 0.6) is 17.4 Å². The predicted octanol–water partition coefficient (Wildman–Crippen LogP) is 4.37. The van der Waals surface area contributed by atoms with E-state index in [1.54, 1.807) is 12.1 Å². The van der Waals surface area contributed by atoms with Crippen LogP contribution in [0.15, 0.2) is 36.4 Å². The van der Waals surface area contributed by atoms with Gasteiger partial charge in [-0.15, -0.1) is 0 Å². The third-order valence-electron chi connectivity index (χ3n) is 5.71. The van der Waals surface area contributed by atoms with Crippen LogP contribution in [-0.4, -0.2) is 49.2 Å². The number of Topliss-reactive ketones (excluding diaryl/α,β-unsaturated/α-hetero) is 1. The number of ether oxygens (including phenoxy) is 3. The molecule has 0 aliphatic carbocycles. The van der Waals surface area contributed by atoms with Gasteiger partial charge in [0.15, 0.2) is 29.0 Å². The molecular weight excluding hydrogens is 510 g/mol. The second kappa shape index (κ2) is 10.2. The van der Waals surface area contributed by atoms with Gasteiger partial charge in [0.2, 0.25) is 0 Å². The van der Waals surface area contributed by atoms with Gasteiger partial charge in [-0.3, -0.25) is 4.79 Å². The number of esters is 1. The van der Waals surface area contributed by atoms with Crippen LogP contribution >= 0.6 is 0 Å². The van der Waals surface area contributed by atoms with Gasteiger partial charge in [-0.05, 0) is 25.1 Å². The third kappa shape index (κ3) is 5.31. The molecule has 2 unspecified atom stereocenters. The molecule has 2 aromatic carbocycles. The second-order valence-electron chi connectivity index (χ2n) is 8.06. The van der Waals surface area contributed by atoms with Crippen LogP contribution in [0, 0.1) is 23.4 Å². The summed E-state index contributed by atoms with van der Waals surface area (Å²) in [4.78, 5) is 29.0. The molecule has 13 heteroatoms. The van der Waals surface area contributed by atoms with Crippen LogP contribution in [0.1, 0.15) is 16.8 Å². The lowest BCUT2D eigenvalue weighted by Crippen LogP contribution is -2.47. The fourth-order valence-corrected chi connectivity index (χ4v) is 3.94. The lowest BCUT2D eigenvalue weighted by molar-refractivity contribution is -0.189. The number of carbonyl (C=O) groups excluding carboxylic acids is 2. The summed E-state index contributed by atoms with van der Waals surface area (Å²) < 4.78 is 96.0. The average Bonchev–Trinajstić information content (AvgIpc) is 2.86. The Balaban J connectivity index is 1.72. The zero-order valence-corrected chi connectivity index (χ0v) is 19.0. The number of nitrogens with one attached hydrogen (secondary N) is 1. The number of ketones is 1. The molecule has 0 amide bonds. The molecule has 0 saturated carbocycles. The number of para-hydroxylation sites is 1. The Morgan fingerprint density at radius 3 is 2.49 bits per heavy atom. The molecule has 4 rings (SSSR count). The van der Waals surface area contributed by atoms with Crippen molar-refractivity contribution in [1.82, 2.24) is 10.3 Å². The Kier molecular flexibility index (Phi) is 7.25. The molecule has 1 saturated heterocycles. The minimum atomic E-state index is -5.31. The molecule has 0 radical (unpaired) electrons. The summed E-state index contributed by atoms with van der Waals surface area (Å²) in [6.07, 6.45) is -6.44. The van der Waals surface area contributed by atoms with Crippen LogP contribution < -0.4 is 19.5 Å². The van der Waals surface area contributed by atoms with Crippen molar-refractivity contribution in [3.63, 3.8) is 0 Å². The first kappa shape index (κ1) is 26.2. The van der Waals surface area contributed by atoms with Crippen molar-refractivity contribution in [3.8, 4) is 17.4 Å². The Morgan fingerprint density at radius 2 is 1.78 bits per heavy atom. The van der Waals surface area contributed by atoms with E-state index in [-0.39, 0.29) is 25.0 Å². The van der Waals surface area contributed by atoms with Crippen molar-refractivity contribution in [2.24, 2.45) is 5.92 Å². The number of nitrogens with zero attached hydrogens (tertiary/aromatic N) is 1. The Hall–Kier alpha value is -3.87. The number of carbonyl (C=O) groups is 2. The van der Waals surface area contributed by atoms with E-state index in [1.165, 1.54) is 12.1 Å². The summed E-state index contributed by atoms with van der Waals surface area (Å²) in [7, 11) is 1.04. The van der Waals surface area contributed by atoms with Gasteiger partial charge in [0, 0.05) is 18.0 Å². The maximum Gasteiger partial charge on any atom is 0.491 e. The van der Waals surface area contributed by atoms with Gasteiger partial charge in [-0.1, -0.05) is 18.2 Å². The van der Waals surface area contributed by atoms with E-state index in [2.05, 4.69) is 15.0 Å². The molecule has 7 nitrogen and oxygen atoms in total. The average molecular weight is 528 g/mol. The van der Waals surface area contributed by atoms with Gasteiger partial charge in [0.05, 0.1) is 24.1 Å². The molecule has 1 fully saturated rings. The van der Waals surface area contributed by atoms with Gasteiger partial charge in [-0.25, -0.2) is 22.9 Å². The van der Waals surface area contributed by atoms with Crippen LogP contribution in [-0.2, 0) is 4.79 Å². The number of benzene rings is 2. The molecule has 1 N–H and O–H groups in total. The number of pyridine rings is 1. The monoisotopic (exact) mass is 528 g/mol. The largest absolute Gasteiger partial charge is 0.496 e. The molecule has 3 aromatic rings. The number of alkyl halides is 3. The van der Waals surface area contributed by atoms with Crippen molar-refractivity contribution >= 4 is 22.7 Å². The first-order valence-corrected chi connectivity index (χ1v) is 10.8. The van der Waals surface area contributed by atoms with Crippen molar-refractivity contribution in [2.75, 3.05) is 20.2 Å². The molecule has 2 heterocycles. The lowest BCUT2D eigenvalue weighted by atomic mass is 9.86. The summed E-state index contributed by atoms with van der Waals surface area (Å²) in [5.41, 5.74) is -0.554. The Labute approximate surface area is 205 Å². The number of hydrogen-bond donors (Lipinski definition) is 1. The van der Waals surface area contributed by atoms with Crippen LogP contribution in [0.2, 0.25) is 0 Å². The minimum absolute atomic E-state index is 0.0380. The van der Waals surface area contributed by atoms with E-state index in [0.29, 0.717) is 11.5 Å². The van der Waals surface area contributed by atoms with E-state index in [0.717, 1.165) is 13.2 Å². The van der Waals surface area contributed by atoms with Crippen LogP contribution in [0.25, 0.3) is 10.9 Å². The van der Waals surface area contributed by atoms with Crippen LogP contribution in [0.4, 0.5) is 26.3 Å². The topological polar surface area (TPSA) is 86.8 Å². The normalized spacial score (nSPS) is 17.9. The first-order valence-electron chi connectivity index (χ1n) is 10.8. The maximum absolute atomic E-state index is 14.6. The highest BCUT2D eigenvalue weighted by molar-refractivity contribution is 6.01. The van der Waals surface area contributed by atoms with Crippen LogP contribution in [0.3, 0.4) is 0 Å². The number of methoxy groups -OCH3 is 1. The molecule has 1 aromatic heterocycles. The predicted molar refractivity (Wildman–Crippen MR) is 116 cm³/mol. The molecule has 1 aliphatic rings. The molecule has 1 aliphatic heterocycles. The highest BCUT2D eigenvalue weighted by atomic mass is 19.4. The van der Waals surface area contributed by atoms with E-state index < -0.39 is 70.3 Å². The van der Waals surface area contributed by atoms with Crippen molar-refractivity contribution < 1.29 is 50.1 Å². The number of piperidine rings is 1. The van der Waals surface area contributed by atoms with E-state index in [9.17, 15) is 35.9 Å². The van der Waals surface area contributed by atoms with Gasteiger partial charge in [-0.2, -0.15) is 13.2 Å². The van der Waals surface area contributed by atoms with E-state index in [1.807, 2.05) is 0 Å². The number of fused-ring (bicyclic) bond motifs is 1. The Morgan fingerprint density at radius 1 is 1.05 bits per heavy atom. The molecule has 196 valence electrons. The van der Waals surface area contributed by atoms with Gasteiger partial charge in [0.25, 0.3) is 5.88 Å². The smallest absolute Gasteiger partial charge is 0.491 e. The number of aromatic nitrogens is 1. The summed E-state index contributed by atoms with van der Waals surface area (Å²) in [6, 6.07) is 7.88. The zero-order chi connectivity index (χ0) is 26.9. The summed E-state index contributed by atoms with van der Waals surface area (Å²) in [6.45, 7) is 0.204. The quantitative estimate of drug-likeness (QED) is 0.220. The highest BCUT2D eigenvalue weighted by Gasteiger charge is 2.43. The fourth-order valence-electron chi connectivity index (χ4n) is 3.94. The zero-order valence-electron chi connectivity index (χ0n) is 19.0. The summed E-state index contributed by atoms with van der Waals surface area (Å²) in [5, 5.41) is 3.26. The number of rotatable bonds is 6. The highest BCUT2D eigenvalue weighted by Crippen LogP contribution is 2.35. The first-order chi connectivity index (χ1) is 17.5. The third-order valence-corrected chi connectivity index (χ3v) is 5.71. The summed E-state index contributed by atoms with van der Waals surface area (Å²) >= 11 is 0. The van der Waals surface area contributed by atoms with Gasteiger partial charge >= 0.3 is 12.1 Å². The van der Waals surface area contributed by atoms with Crippen molar-refractivity contribution in [3.05, 3.63) is 59.4 Å².